The second kappa shape index (κ2) is 5.32. The SMILES string of the molecule is C/C=C/C1=C(OC(C)=O)c2cccn2-c2ccccc2O1. The molecule has 21 heavy (non-hydrogen) atoms. The lowest BCUT2D eigenvalue weighted by Crippen LogP contribution is -2.05. The van der Waals surface area contributed by atoms with Crippen LogP contribution in [-0.2, 0) is 9.53 Å². The number of fused-ring (bicyclic) bond motifs is 3. The molecule has 2 aromatic rings. The zero-order valence-electron chi connectivity index (χ0n) is 11.9. The molecular weight excluding hydrogens is 266 g/mol. The Bertz CT molecular complexity index is 753. The number of carbonyl (C=O) groups is 1. The Balaban J connectivity index is 2.27. The minimum absolute atomic E-state index is 0.380. The van der Waals surface area contributed by atoms with Crippen molar-refractivity contribution in [3.05, 3.63) is 66.2 Å². The lowest BCUT2D eigenvalue weighted by atomic mass is 10.2. The fraction of sp³-hybridized carbons (Fsp3) is 0.118. The lowest BCUT2D eigenvalue weighted by molar-refractivity contribution is -0.134. The highest BCUT2D eigenvalue weighted by Crippen LogP contribution is 2.35. The molecule has 3 rings (SSSR count). The van der Waals surface area contributed by atoms with Gasteiger partial charge in [0.25, 0.3) is 0 Å². The van der Waals surface area contributed by atoms with Gasteiger partial charge in [0.15, 0.2) is 17.3 Å². The summed E-state index contributed by atoms with van der Waals surface area (Å²) in [5, 5.41) is 0. The fourth-order valence-corrected chi connectivity index (χ4v) is 2.32. The number of allylic oxidation sites excluding steroid dienone is 2. The first-order valence-corrected chi connectivity index (χ1v) is 6.71. The van der Waals surface area contributed by atoms with Gasteiger partial charge in [0, 0.05) is 13.1 Å². The summed E-state index contributed by atoms with van der Waals surface area (Å²) in [5.74, 6) is 1.26. The lowest BCUT2D eigenvalue weighted by Gasteiger charge is -2.09. The number of rotatable bonds is 2. The van der Waals surface area contributed by atoms with E-state index in [1.807, 2.05) is 60.2 Å². The van der Waals surface area contributed by atoms with E-state index in [1.54, 1.807) is 6.08 Å². The number of carbonyl (C=O) groups excluding carboxylic acids is 1. The number of hydrogen-bond acceptors (Lipinski definition) is 3. The quantitative estimate of drug-likeness (QED) is 0.788. The predicted molar refractivity (Wildman–Crippen MR) is 79.9 cm³/mol. The van der Waals surface area contributed by atoms with Gasteiger partial charge in [-0.25, -0.2) is 0 Å². The maximum atomic E-state index is 11.4. The Labute approximate surface area is 122 Å². The number of nitrogens with zero attached hydrogens (tertiary/aromatic N) is 1. The molecule has 4 heteroatoms. The molecule has 0 radical (unpaired) electrons. The summed E-state index contributed by atoms with van der Waals surface area (Å²) in [4.78, 5) is 11.4. The van der Waals surface area contributed by atoms with Crippen molar-refractivity contribution in [2.24, 2.45) is 0 Å². The van der Waals surface area contributed by atoms with Crippen LogP contribution in [-0.4, -0.2) is 10.5 Å². The van der Waals surface area contributed by atoms with Crippen molar-refractivity contribution in [2.45, 2.75) is 13.8 Å². The van der Waals surface area contributed by atoms with Crippen LogP contribution < -0.4 is 4.74 Å². The van der Waals surface area contributed by atoms with E-state index in [0.717, 1.165) is 11.4 Å². The average Bonchev–Trinajstić information content (AvgIpc) is 2.90. The number of hydrogen-bond donors (Lipinski definition) is 0. The van der Waals surface area contributed by atoms with Gasteiger partial charge >= 0.3 is 5.97 Å². The third-order valence-electron chi connectivity index (χ3n) is 3.11. The van der Waals surface area contributed by atoms with Crippen molar-refractivity contribution in [3.8, 4) is 11.4 Å². The van der Waals surface area contributed by atoms with Crippen LogP contribution in [0, 0.1) is 0 Å². The van der Waals surface area contributed by atoms with Crippen LogP contribution in [0.5, 0.6) is 5.75 Å². The number of benzene rings is 1. The molecule has 0 fully saturated rings. The molecule has 1 aromatic heterocycles. The highest BCUT2D eigenvalue weighted by molar-refractivity contribution is 5.78. The highest BCUT2D eigenvalue weighted by atomic mass is 16.6. The Morgan fingerprint density at radius 1 is 1.24 bits per heavy atom. The molecule has 0 N–H and O–H groups in total. The second-order valence-electron chi connectivity index (χ2n) is 4.62. The topological polar surface area (TPSA) is 40.5 Å². The van der Waals surface area contributed by atoms with E-state index < -0.39 is 0 Å². The van der Waals surface area contributed by atoms with Gasteiger partial charge in [0.05, 0.1) is 11.4 Å². The summed E-state index contributed by atoms with van der Waals surface area (Å²) >= 11 is 0. The van der Waals surface area contributed by atoms with Crippen LogP contribution in [0.25, 0.3) is 11.4 Å². The monoisotopic (exact) mass is 281 g/mol. The van der Waals surface area contributed by atoms with E-state index in [2.05, 4.69) is 0 Å². The molecule has 0 saturated heterocycles. The van der Waals surface area contributed by atoms with Crippen molar-refractivity contribution < 1.29 is 14.3 Å². The Kier molecular flexibility index (Phi) is 3.36. The van der Waals surface area contributed by atoms with Gasteiger partial charge in [-0.1, -0.05) is 18.2 Å². The van der Waals surface area contributed by atoms with E-state index in [9.17, 15) is 4.79 Å². The molecule has 0 saturated carbocycles. The van der Waals surface area contributed by atoms with Gasteiger partial charge in [-0.3, -0.25) is 4.79 Å². The van der Waals surface area contributed by atoms with E-state index in [0.29, 0.717) is 17.3 Å². The molecule has 0 aliphatic carbocycles. The Morgan fingerprint density at radius 3 is 2.81 bits per heavy atom. The van der Waals surface area contributed by atoms with Gasteiger partial charge in [-0.2, -0.15) is 0 Å². The van der Waals surface area contributed by atoms with Crippen molar-refractivity contribution in [1.82, 2.24) is 4.57 Å². The van der Waals surface area contributed by atoms with Crippen LogP contribution in [0.1, 0.15) is 19.5 Å². The molecule has 0 bridgehead atoms. The van der Waals surface area contributed by atoms with E-state index >= 15 is 0 Å². The van der Waals surface area contributed by atoms with Gasteiger partial charge < -0.3 is 14.0 Å². The molecule has 4 nitrogen and oxygen atoms in total. The maximum absolute atomic E-state index is 11.4. The van der Waals surface area contributed by atoms with Crippen molar-refractivity contribution >= 4 is 11.7 Å². The third kappa shape index (κ3) is 2.36. The standard InChI is InChI=1S/C17H15NO3/c1-3-7-16-17(20-12(2)19)14-9-6-11-18(14)13-8-4-5-10-15(13)21-16/h3-11H,1-2H3/b7-3+. The maximum Gasteiger partial charge on any atom is 0.308 e. The molecule has 0 amide bonds. The molecule has 0 spiro atoms. The van der Waals surface area contributed by atoms with Crippen LogP contribution in [0.2, 0.25) is 0 Å². The summed E-state index contributed by atoms with van der Waals surface area (Å²) in [6, 6.07) is 11.5. The van der Waals surface area contributed by atoms with Crippen molar-refractivity contribution in [1.29, 1.82) is 0 Å². The van der Waals surface area contributed by atoms with E-state index in [-0.39, 0.29) is 5.97 Å². The molecule has 0 atom stereocenters. The summed E-state index contributed by atoms with van der Waals surface area (Å²) in [6.45, 7) is 3.27. The van der Waals surface area contributed by atoms with Gasteiger partial charge in [-0.05, 0) is 37.3 Å². The number of esters is 1. The molecule has 106 valence electrons. The zero-order valence-corrected chi connectivity index (χ0v) is 11.9. The molecule has 0 unspecified atom stereocenters. The van der Waals surface area contributed by atoms with Crippen LogP contribution in [0.4, 0.5) is 0 Å². The summed E-state index contributed by atoms with van der Waals surface area (Å²) in [6.07, 6.45) is 5.55. The smallest absolute Gasteiger partial charge is 0.308 e. The second-order valence-corrected chi connectivity index (χ2v) is 4.62. The molecular formula is C17H15NO3. The summed E-state index contributed by atoms with van der Waals surface area (Å²) < 4.78 is 13.3. The first-order chi connectivity index (χ1) is 10.2. The van der Waals surface area contributed by atoms with Crippen LogP contribution >= 0.6 is 0 Å². The molecule has 2 heterocycles. The normalized spacial score (nSPS) is 13.4. The minimum Gasteiger partial charge on any atom is -0.451 e. The minimum atomic E-state index is -0.380. The van der Waals surface area contributed by atoms with Crippen molar-refractivity contribution in [3.63, 3.8) is 0 Å². The summed E-state index contributed by atoms with van der Waals surface area (Å²) in [5.41, 5.74) is 1.69. The third-order valence-corrected chi connectivity index (χ3v) is 3.11. The first kappa shape index (κ1) is 13.2. The number of para-hydroxylation sites is 2. The summed E-state index contributed by atoms with van der Waals surface area (Å²) in [7, 11) is 0. The fourth-order valence-electron chi connectivity index (χ4n) is 2.32. The highest BCUT2D eigenvalue weighted by Gasteiger charge is 2.23. The Morgan fingerprint density at radius 2 is 2.05 bits per heavy atom. The molecule has 1 aliphatic rings. The zero-order chi connectivity index (χ0) is 14.8. The molecule has 1 aromatic carbocycles. The number of aromatic nitrogens is 1. The van der Waals surface area contributed by atoms with Gasteiger partial charge in [0.2, 0.25) is 0 Å². The van der Waals surface area contributed by atoms with E-state index in [4.69, 9.17) is 9.47 Å². The molecule has 1 aliphatic heterocycles. The number of ether oxygens (including phenoxy) is 2. The largest absolute Gasteiger partial charge is 0.451 e. The first-order valence-electron chi connectivity index (χ1n) is 6.71. The predicted octanol–water partition coefficient (Wildman–Crippen LogP) is 3.68. The van der Waals surface area contributed by atoms with E-state index in [1.165, 1.54) is 6.92 Å². The van der Waals surface area contributed by atoms with Crippen LogP contribution in [0.15, 0.2) is 60.5 Å². The van der Waals surface area contributed by atoms with Gasteiger partial charge in [0.1, 0.15) is 0 Å². The van der Waals surface area contributed by atoms with Crippen LogP contribution in [0.3, 0.4) is 0 Å². The van der Waals surface area contributed by atoms with Crippen molar-refractivity contribution in [2.75, 3.05) is 0 Å². The van der Waals surface area contributed by atoms with Gasteiger partial charge in [-0.15, -0.1) is 0 Å². The average molecular weight is 281 g/mol. The Hall–Kier alpha value is -2.75.